The lowest BCUT2D eigenvalue weighted by atomic mass is 10.1. The lowest BCUT2D eigenvalue weighted by Gasteiger charge is -2.13. The van der Waals surface area contributed by atoms with Crippen LogP contribution in [0.3, 0.4) is 0 Å². The Kier molecular flexibility index (Phi) is 3.96. The molecule has 0 atom stereocenters. The predicted octanol–water partition coefficient (Wildman–Crippen LogP) is 4.31. The smallest absolute Gasteiger partial charge is 0.337 e. The SMILES string of the molecule is N#Cc1cnc2ccc(Br)cc2c1Nc1ccccc1C(=O)O. The van der Waals surface area contributed by atoms with E-state index in [1.165, 1.54) is 12.3 Å². The number of hydrogen-bond acceptors (Lipinski definition) is 4. The molecule has 2 N–H and O–H groups in total. The van der Waals surface area contributed by atoms with E-state index in [9.17, 15) is 15.2 Å². The Bertz CT molecular complexity index is 964. The minimum Gasteiger partial charge on any atom is -0.478 e. The summed E-state index contributed by atoms with van der Waals surface area (Å²) >= 11 is 3.40. The third kappa shape index (κ3) is 2.87. The van der Waals surface area contributed by atoms with Crippen LogP contribution in [0.2, 0.25) is 0 Å². The van der Waals surface area contributed by atoms with Crippen molar-refractivity contribution in [2.45, 2.75) is 0 Å². The van der Waals surface area contributed by atoms with E-state index in [1.807, 2.05) is 18.2 Å². The summed E-state index contributed by atoms with van der Waals surface area (Å²) in [5.41, 5.74) is 2.14. The first kappa shape index (κ1) is 15.0. The predicted molar refractivity (Wildman–Crippen MR) is 90.8 cm³/mol. The fourth-order valence-electron chi connectivity index (χ4n) is 2.30. The van der Waals surface area contributed by atoms with E-state index in [0.29, 0.717) is 22.5 Å². The van der Waals surface area contributed by atoms with Crippen LogP contribution in [0.5, 0.6) is 0 Å². The third-order valence-corrected chi connectivity index (χ3v) is 3.86. The molecule has 0 amide bonds. The molecule has 0 unspecified atom stereocenters. The van der Waals surface area contributed by atoms with E-state index in [-0.39, 0.29) is 5.56 Å². The summed E-state index contributed by atoms with van der Waals surface area (Å²) in [5, 5.41) is 22.5. The second-order valence-corrected chi connectivity index (χ2v) is 5.71. The number of rotatable bonds is 3. The summed E-state index contributed by atoms with van der Waals surface area (Å²) in [5.74, 6) is -1.04. The quantitative estimate of drug-likeness (QED) is 0.720. The number of para-hydroxylation sites is 1. The Morgan fingerprint density at radius 1 is 1.26 bits per heavy atom. The van der Waals surface area contributed by atoms with Crippen LogP contribution in [0.25, 0.3) is 10.9 Å². The van der Waals surface area contributed by atoms with E-state index >= 15 is 0 Å². The summed E-state index contributed by atoms with van der Waals surface area (Å²) in [4.78, 5) is 15.6. The molecule has 0 aliphatic heterocycles. The molecule has 2 aromatic carbocycles. The average Bonchev–Trinajstić information content (AvgIpc) is 2.55. The minimum atomic E-state index is -1.04. The lowest BCUT2D eigenvalue weighted by molar-refractivity contribution is 0.0698. The number of hydrogen-bond donors (Lipinski definition) is 2. The van der Waals surface area contributed by atoms with Crippen LogP contribution in [0, 0.1) is 11.3 Å². The first-order valence-electron chi connectivity index (χ1n) is 6.68. The van der Waals surface area contributed by atoms with Gasteiger partial charge in [-0.3, -0.25) is 4.98 Å². The first-order valence-corrected chi connectivity index (χ1v) is 7.47. The van der Waals surface area contributed by atoms with Crippen LogP contribution in [0.1, 0.15) is 15.9 Å². The molecule has 0 saturated heterocycles. The van der Waals surface area contributed by atoms with E-state index in [2.05, 4.69) is 32.3 Å². The van der Waals surface area contributed by atoms with Gasteiger partial charge in [0.2, 0.25) is 0 Å². The molecule has 6 heteroatoms. The van der Waals surface area contributed by atoms with Gasteiger partial charge < -0.3 is 10.4 Å². The molecular weight excluding hydrogens is 358 g/mol. The summed E-state index contributed by atoms with van der Waals surface area (Å²) in [6.45, 7) is 0. The first-order chi connectivity index (χ1) is 11.1. The standard InChI is InChI=1S/C17H10BrN3O2/c18-11-5-6-14-13(7-11)16(10(8-19)9-20-14)21-15-4-2-1-3-12(15)17(22)23/h1-7,9H,(H,20,21)(H,22,23). The second-order valence-electron chi connectivity index (χ2n) is 4.80. The summed E-state index contributed by atoms with van der Waals surface area (Å²) in [7, 11) is 0. The van der Waals surface area contributed by atoms with Gasteiger partial charge in [0.15, 0.2) is 0 Å². The highest BCUT2D eigenvalue weighted by molar-refractivity contribution is 9.10. The number of carbonyl (C=O) groups is 1. The maximum Gasteiger partial charge on any atom is 0.337 e. The largest absolute Gasteiger partial charge is 0.478 e. The van der Waals surface area contributed by atoms with Gasteiger partial charge in [0.05, 0.1) is 28.0 Å². The molecule has 1 aromatic heterocycles. The number of fused-ring (bicyclic) bond motifs is 1. The number of nitriles is 1. The van der Waals surface area contributed by atoms with E-state index in [1.54, 1.807) is 18.2 Å². The van der Waals surface area contributed by atoms with E-state index < -0.39 is 5.97 Å². The molecule has 23 heavy (non-hydrogen) atoms. The number of aromatic nitrogens is 1. The van der Waals surface area contributed by atoms with Gasteiger partial charge in [0.1, 0.15) is 6.07 Å². The number of nitrogens with zero attached hydrogens (tertiary/aromatic N) is 2. The van der Waals surface area contributed by atoms with Gasteiger partial charge >= 0.3 is 5.97 Å². The molecule has 112 valence electrons. The summed E-state index contributed by atoms with van der Waals surface area (Å²) < 4.78 is 0.844. The minimum absolute atomic E-state index is 0.136. The normalized spacial score (nSPS) is 10.3. The zero-order valence-electron chi connectivity index (χ0n) is 11.7. The molecule has 0 radical (unpaired) electrons. The van der Waals surface area contributed by atoms with Crippen LogP contribution in [0.4, 0.5) is 11.4 Å². The Morgan fingerprint density at radius 2 is 2.04 bits per heavy atom. The highest BCUT2D eigenvalue weighted by atomic mass is 79.9. The van der Waals surface area contributed by atoms with Gasteiger partial charge in [-0.15, -0.1) is 0 Å². The van der Waals surface area contributed by atoms with Crippen molar-refractivity contribution >= 4 is 44.2 Å². The second kappa shape index (κ2) is 6.07. The van der Waals surface area contributed by atoms with Crippen LogP contribution in [-0.4, -0.2) is 16.1 Å². The molecule has 5 nitrogen and oxygen atoms in total. The molecule has 0 spiro atoms. The van der Waals surface area contributed by atoms with Crippen molar-refractivity contribution in [2.24, 2.45) is 0 Å². The van der Waals surface area contributed by atoms with E-state index in [4.69, 9.17) is 0 Å². The molecule has 0 aliphatic rings. The molecule has 1 heterocycles. The highest BCUT2D eigenvalue weighted by Crippen LogP contribution is 2.31. The molecule has 3 rings (SSSR count). The zero-order valence-corrected chi connectivity index (χ0v) is 13.3. The molecule has 3 aromatic rings. The summed E-state index contributed by atoms with van der Waals surface area (Å²) in [6, 6.07) is 14.2. The molecule has 0 aliphatic carbocycles. The van der Waals surface area contributed by atoms with Crippen molar-refractivity contribution in [1.82, 2.24) is 4.98 Å². The zero-order chi connectivity index (χ0) is 16.4. The Morgan fingerprint density at radius 3 is 2.78 bits per heavy atom. The van der Waals surface area contributed by atoms with Crippen LogP contribution >= 0.6 is 15.9 Å². The van der Waals surface area contributed by atoms with Gasteiger partial charge in [-0.2, -0.15) is 5.26 Å². The van der Waals surface area contributed by atoms with Gasteiger partial charge in [0.25, 0.3) is 0 Å². The monoisotopic (exact) mass is 367 g/mol. The van der Waals surface area contributed by atoms with Crippen LogP contribution < -0.4 is 5.32 Å². The number of pyridine rings is 1. The lowest BCUT2D eigenvalue weighted by Crippen LogP contribution is -2.04. The maximum absolute atomic E-state index is 11.4. The Hall–Kier alpha value is -2.91. The molecular formula is C17H10BrN3O2. The van der Waals surface area contributed by atoms with Gasteiger partial charge in [-0.05, 0) is 30.3 Å². The molecule has 0 saturated carbocycles. The Balaban J connectivity index is 2.22. The fraction of sp³-hybridized carbons (Fsp3) is 0. The number of anilines is 2. The maximum atomic E-state index is 11.4. The van der Waals surface area contributed by atoms with Gasteiger partial charge in [0, 0.05) is 16.1 Å². The van der Waals surface area contributed by atoms with Crippen molar-refractivity contribution in [3.63, 3.8) is 0 Å². The molecule has 0 fully saturated rings. The van der Waals surface area contributed by atoms with Crippen molar-refractivity contribution in [1.29, 1.82) is 5.26 Å². The highest BCUT2D eigenvalue weighted by Gasteiger charge is 2.14. The number of carboxylic acids is 1. The van der Waals surface area contributed by atoms with Crippen molar-refractivity contribution in [2.75, 3.05) is 5.32 Å². The summed E-state index contributed by atoms with van der Waals surface area (Å²) in [6.07, 6.45) is 1.47. The number of benzene rings is 2. The Labute approximate surface area is 140 Å². The number of aromatic carboxylic acids is 1. The van der Waals surface area contributed by atoms with Crippen molar-refractivity contribution in [3.05, 3.63) is 64.3 Å². The van der Waals surface area contributed by atoms with Gasteiger partial charge in [-0.25, -0.2) is 4.79 Å². The van der Waals surface area contributed by atoms with Crippen molar-refractivity contribution in [3.8, 4) is 6.07 Å². The molecule has 0 bridgehead atoms. The number of halogens is 1. The average molecular weight is 368 g/mol. The van der Waals surface area contributed by atoms with Crippen LogP contribution in [0.15, 0.2) is 53.1 Å². The topological polar surface area (TPSA) is 86.0 Å². The fourth-order valence-corrected chi connectivity index (χ4v) is 2.66. The van der Waals surface area contributed by atoms with Crippen LogP contribution in [-0.2, 0) is 0 Å². The van der Waals surface area contributed by atoms with Crippen molar-refractivity contribution < 1.29 is 9.90 Å². The third-order valence-electron chi connectivity index (χ3n) is 3.37. The number of carboxylic acid groups (broad SMARTS) is 1. The van der Waals surface area contributed by atoms with Gasteiger partial charge in [-0.1, -0.05) is 28.1 Å². The van der Waals surface area contributed by atoms with E-state index in [0.717, 1.165) is 9.86 Å². The number of nitrogens with one attached hydrogen (secondary N) is 1.